The van der Waals surface area contributed by atoms with E-state index in [4.69, 9.17) is 4.74 Å². The monoisotopic (exact) mass is 370 g/mol. The molecule has 4 rings (SSSR count). The standard InChI is InChI=1S/C19H13F3N4O/c1-12-10-14(11-24-17(12)19(20,21)22)27-18-15(5-3-8-23-18)16-6-2-4-13-7-9-25-26(13)16/h2-11H,1H3. The minimum Gasteiger partial charge on any atom is -0.437 e. The molecule has 0 aliphatic carbocycles. The van der Waals surface area contributed by atoms with Gasteiger partial charge in [0.05, 0.1) is 29.2 Å². The van der Waals surface area contributed by atoms with E-state index >= 15 is 0 Å². The normalized spacial score (nSPS) is 11.7. The average molecular weight is 370 g/mol. The summed E-state index contributed by atoms with van der Waals surface area (Å²) in [7, 11) is 0. The third kappa shape index (κ3) is 3.21. The van der Waals surface area contributed by atoms with Crippen molar-refractivity contribution in [1.29, 1.82) is 0 Å². The van der Waals surface area contributed by atoms with E-state index in [0.717, 1.165) is 17.4 Å². The van der Waals surface area contributed by atoms with Gasteiger partial charge in [-0.3, -0.25) is 0 Å². The molecule has 0 unspecified atom stereocenters. The fourth-order valence-electron chi connectivity index (χ4n) is 2.83. The van der Waals surface area contributed by atoms with Crippen LogP contribution in [-0.2, 0) is 6.18 Å². The molecule has 0 amide bonds. The zero-order valence-corrected chi connectivity index (χ0v) is 14.1. The summed E-state index contributed by atoms with van der Waals surface area (Å²) in [6, 6.07) is 12.4. The van der Waals surface area contributed by atoms with Gasteiger partial charge in [0.25, 0.3) is 0 Å². The van der Waals surface area contributed by atoms with Gasteiger partial charge in [0, 0.05) is 6.20 Å². The molecule has 8 heteroatoms. The molecular weight excluding hydrogens is 357 g/mol. The summed E-state index contributed by atoms with van der Waals surface area (Å²) in [6.07, 6.45) is -0.234. The highest BCUT2D eigenvalue weighted by Crippen LogP contribution is 2.34. The Hall–Kier alpha value is -3.42. The van der Waals surface area contributed by atoms with Crippen LogP contribution in [-0.4, -0.2) is 19.6 Å². The van der Waals surface area contributed by atoms with Gasteiger partial charge in [-0.25, -0.2) is 14.5 Å². The van der Waals surface area contributed by atoms with Crippen molar-refractivity contribution in [3.63, 3.8) is 0 Å². The minimum absolute atomic E-state index is 0.0216. The van der Waals surface area contributed by atoms with Crippen molar-refractivity contribution in [3.05, 3.63) is 72.3 Å². The second-order valence-corrected chi connectivity index (χ2v) is 5.87. The smallest absolute Gasteiger partial charge is 0.433 e. The van der Waals surface area contributed by atoms with E-state index in [9.17, 15) is 13.2 Å². The van der Waals surface area contributed by atoms with E-state index in [1.54, 1.807) is 23.0 Å². The lowest BCUT2D eigenvalue weighted by molar-refractivity contribution is -0.141. The lowest BCUT2D eigenvalue weighted by Crippen LogP contribution is -2.10. The Labute approximate surface area is 152 Å². The Balaban J connectivity index is 1.75. The van der Waals surface area contributed by atoms with E-state index < -0.39 is 11.9 Å². The minimum atomic E-state index is -4.51. The Morgan fingerprint density at radius 2 is 1.85 bits per heavy atom. The molecule has 0 saturated heterocycles. The Kier molecular flexibility index (Phi) is 4.02. The first kappa shape index (κ1) is 17.0. The molecule has 0 aliphatic heterocycles. The number of hydrogen-bond acceptors (Lipinski definition) is 4. The molecule has 0 aromatic carbocycles. The van der Waals surface area contributed by atoms with Crippen LogP contribution in [0.15, 0.2) is 61.1 Å². The third-order valence-electron chi connectivity index (χ3n) is 4.00. The number of alkyl halides is 3. The fraction of sp³-hybridized carbons (Fsp3) is 0.105. The van der Waals surface area contributed by atoms with Gasteiger partial charge in [0.1, 0.15) is 11.4 Å². The van der Waals surface area contributed by atoms with Gasteiger partial charge in [0.15, 0.2) is 0 Å². The van der Waals surface area contributed by atoms with Crippen LogP contribution in [0.5, 0.6) is 11.6 Å². The third-order valence-corrected chi connectivity index (χ3v) is 4.00. The molecule has 0 spiro atoms. The Morgan fingerprint density at radius 3 is 2.63 bits per heavy atom. The molecule has 0 saturated carbocycles. The van der Waals surface area contributed by atoms with Gasteiger partial charge in [-0.1, -0.05) is 6.07 Å². The Morgan fingerprint density at radius 1 is 1.00 bits per heavy atom. The molecule has 4 aromatic heterocycles. The molecule has 0 fully saturated rings. The number of nitrogens with zero attached hydrogens (tertiary/aromatic N) is 4. The lowest BCUT2D eigenvalue weighted by atomic mass is 10.1. The Bertz CT molecular complexity index is 1120. The quantitative estimate of drug-likeness (QED) is 0.514. The van der Waals surface area contributed by atoms with Crippen LogP contribution >= 0.6 is 0 Å². The van der Waals surface area contributed by atoms with Crippen LogP contribution in [0.4, 0.5) is 13.2 Å². The number of aromatic nitrogens is 4. The first-order valence-corrected chi connectivity index (χ1v) is 8.03. The zero-order valence-electron chi connectivity index (χ0n) is 14.1. The van der Waals surface area contributed by atoms with Crippen molar-refractivity contribution in [2.75, 3.05) is 0 Å². The van der Waals surface area contributed by atoms with E-state index in [2.05, 4.69) is 15.1 Å². The van der Waals surface area contributed by atoms with Crippen molar-refractivity contribution >= 4 is 5.52 Å². The van der Waals surface area contributed by atoms with Gasteiger partial charge in [-0.05, 0) is 48.9 Å². The van der Waals surface area contributed by atoms with Crippen molar-refractivity contribution < 1.29 is 17.9 Å². The van der Waals surface area contributed by atoms with E-state index in [1.165, 1.54) is 13.0 Å². The van der Waals surface area contributed by atoms with Crippen molar-refractivity contribution in [2.45, 2.75) is 13.1 Å². The molecule has 0 N–H and O–H groups in total. The van der Waals surface area contributed by atoms with Crippen molar-refractivity contribution in [1.82, 2.24) is 19.6 Å². The van der Waals surface area contributed by atoms with Gasteiger partial charge in [-0.2, -0.15) is 18.3 Å². The summed E-state index contributed by atoms with van der Waals surface area (Å²) in [6.45, 7) is 1.34. The molecule has 27 heavy (non-hydrogen) atoms. The average Bonchev–Trinajstić information content (AvgIpc) is 3.10. The summed E-state index contributed by atoms with van der Waals surface area (Å²) in [4.78, 5) is 7.72. The maximum Gasteiger partial charge on any atom is 0.433 e. The zero-order chi connectivity index (χ0) is 19.0. The highest BCUT2D eigenvalue weighted by molar-refractivity contribution is 5.68. The van der Waals surface area contributed by atoms with E-state index in [1.807, 2.05) is 30.3 Å². The van der Waals surface area contributed by atoms with Crippen LogP contribution in [0.3, 0.4) is 0 Å². The van der Waals surface area contributed by atoms with Crippen LogP contribution < -0.4 is 4.74 Å². The van der Waals surface area contributed by atoms with Crippen LogP contribution in [0, 0.1) is 6.92 Å². The fourth-order valence-corrected chi connectivity index (χ4v) is 2.83. The number of pyridine rings is 3. The number of fused-ring (bicyclic) bond motifs is 1. The highest BCUT2D eigenvalue weighted by Gasteiger charge is 2.34. The van der Waals surface area contributed by atoms with E-state index in [0.29, 0.717) is 5.56 Å². The van der Waals surface area contributed by atoms with Gasteiger partial charge < -0.3 is 4.74 Å². The first-order valence-electron chi connectivity index (χ1n) is 8.03. The lowest BCUT2D eigenvalue weighted by Gasteiger charge is -2.13. The van der Waals surface area contributed by atoms with Crippen LogP contribution in [0.2, 0.25) is 0 Å². The number of aryl methyl sites for hydroxylation is 1. The largest absolute Gasteiger partial charge is 0.437 e. The number of rotatable bonds is 3. The molecular formula is C19H13F3N4O. The maximum atomic E-state index is 12.9. The van der Waals surface area contributed by atoms with E-state index in [-0.39, 0.29) is 17.2 Å². The first-order chi connectivity index (χ1) is 12.9. The molecule has 4 aromatic rings. The topological polar surface area (TPSA) is 52.3 Å². The predicted octanol–water partition coefficient (Wildman–Crippen LogP) is 4.91. The molecule has 4 heterocycles. The van der Waals surface area contributed by atoms with Crippen molar-refractivity contribution in [2.24, 2.45) is 0 Å². The molecule has 0 radical (unpaired) electrons. The predicted molar refractivity (Wildman–Crippen MR) is 92.5 cm³/mol. The second-order valence-electron chi connectivity index (χ2n) is 5.87. The van der Waals surface area contributed by atoms with Crippen LogP contribution in [0.1, 0.15) is 11.3 Å². The summed E-state index contributed by atoms with van der Waals surface area (Å²) >= 11 is 0. The van der Waals surface area contributed by atoms with Gasteiger partial charge in [0.2, 0.25) is 5.88 Å². The summed E-state index contributed by atoms with van der Waals surface area (Å²) in [5, 5.41) is 4.29. The number of halogens is 3. The highest BCUT2D eigenvalue weighted by atomic mass is 19.4. The van der Waals surface area contributed by atoms with Crippen LogP contribution in [0.25, 0.3) is 16.8 Å². The second kappa shape index (κ2) is 6.39. The summed E-state index contributed by atoms with van der Waals surface area (Å²) < 4.78 is 46.1. The molecule has 0 aliphatic rings. The molecule has 5 nitrogen and oxygen atoms in total. The number of hydrogen-bond donors (Lipinski definition) is 0. The number of ether oxygens (including phenoxy) is 1. The summed E-state index contributed by atoms with van der Waals surface area (Å²) in [5.41, 5.74) is 1.35. The molecule has 0 atom stereocenters. The van der Waals surface area contributed by atoms with Crippen molar-refractivity contribution in [3.8, 4) is 22.9 Å². The SMILES string of the molecule is Cc1cc(Oc2ncccc2-c2cccc3ccnn23)cnc1C(F)(F)F. The summed E-state index contributed by atoms with van der Waals surface area (Å²) in [5.74, 6) is 0.426. The van der Waals surface area contributed by atoms with Gasteiger partial charge in [-0.15, -0.1) is 0 Å². The van der Waals surface area contributed by atoms with Gasteiger partial charge >= 0.3 is 6.18 Å². The maximum absolute atomic E-state index is 12.9. The molecule has 0 bridgehead atoms. The molecule has 136 valence electrons.